The summed E-state index contributed by atoms with van der Waals surface area (Å²) in [5, 5.41) is 13.7. The van der Waals surface area contributed by atoms with Crippen LogP contribution in [-0.4, -0.2) is 23.3 Å². The molecule has 0 atom stereocenters. The molecule has 4 N–H and O–H groups in total. The van der Waals surface area contributed by atoms with Crippen molar-refractivity contribution in [2.75, 3.05) is 11.9 Å². The number of aryl methyl sites for hydroxylation is 1. The first-order valence-electron chi connectivity index (χ1n) is 6.36. The number of hydrogen-bond acceptors (Lipinski definition) is 3. The van der Waals surface area contributed by atoms with E-state index in [9.17, 15) is 5.11 Å². The quantitative estimate of drug-likeness (QED) is 0.750. The number of nitrogens with two attached hydrogens (primary N) is 1. The van der Waals surface area contributed by atoms with Gasteiger partial charge >= 0.3 is 0 Å². The summed E-state index contributed by atoms with van der Waals surface area (Å²) in [6.45, 7) is 2.68. The second-order valence-corrected chi connectivity index (χ2v) is 5.28. The van der Waals surface area contributed by atoms with Crippen molar-refractivity contribution in [1.29, 1.82) is 0 Å². The maximum absolute atomic E-state index is 10.4. The molecule has 0 aromatic heterocycles. The summed E-state index contributed by atoms with van der Waals surface area (Å²) in [6, 6.07) is 8.50. The van der Waals surface area contributed by atoms with Crippen LogP contribution in [0.15, 0.2) is 24.3 Å². The van der Waals surface area contributed by atoms with Crippen LogP contribution in [0, 0.1) is 6.92 Å². The van der Waals surface area contributed by atoms with Gasteiger partial charge in [-0.15, -0.1) is 0 Å². The lowest BCUT2D eigenvalue weighted by Gasteiger charge is -2.35. The molecular formula is C14H22N2O. The molecule has 3 heteroatoms. The van der Waals surface area contributed by atoms with Crippen molar-refractivity contribution in [3.05, 3.63) is 29.8 Å². The molecule has 1 aromatic rings. The van der Waals surface area contributed by atoms with E-state index in [1.807, 2.05) is 12.1 Å². The van der Waals surface area contributed by atoms with Gasteiger partial charge in [-0.05, 0) is 50.3 Å². The number of hydrogen-bond donors (Lipinski definition) is 3. The predicted molar refractivity (Wildman–Crippen MR) is 71.1 cm³/mol. The van der Waals surface area contributed by atoms with E-state index in [0.717, 1.165) is 31.4 Å². The minimum absolute atomic E-state index is 0.272. The van der Waals surface area contributed by atoms with E-state index in [1.54, 1.807) is 0 Å². The van der Waals surface area contributed by atoms with Gasteiger partial charge in [0, 0.05) is 18.3 Å². The third-order valence-corrected chi connectivity index (χ3v) is 3.60. The van der Waals surface area contributed by atoms with E-state index >= 15 is 0 Å². The Morgan fingerprint density at radius 2 is 2.12 bits per heavy atom. The van der Waals surface area contributed by atoms with E-state index in [-0.39, 0.29) is 6.04 Å². The molecule has 1 aliphatic carbocycles. The molecule has 1 saturated carbocycles. The van der Waals surface area contributed by atoms with Gasteiger partial charge in [-0.2, -0.15) is 0 Å². The van der Waals surface area contributed by atoms with Gasteiger partial charge < -0.3 is 16.2 Å². The minimum Gasteiger partial charge on any atom is -0.388 e. The number of benzene rings is 1. The number of nitrogens with one attached hydrogen (secondary N) is 1. The molecule has 0 spiro atoms. The number of aliphatic hydroxyl groups is 1. The fourth-order valence-corrected chi connectivity index (χ4v) is 2.38. The van der Waals surface area contributed by atoms with Crippen molar-refractivity contribution < 1.29 is 5.11 Å². The smallest absolute Gasteiger partial charge is 0.0820 e. The van der Waals surface area contributed by atoms with E-state index in [1.165, 1.54) is 5.56 Å². The zero-order chi connectivity index (χ0) is 12.3. The molecule has 0 saturated heterocycles. The Morgan fingerprint density at radius 1 is 1.41 bits per heavy atom. The fraction of sp³-hybridized carbons (Fsp3) is 0.571. The molecule has 1 aromatic carbocycles. The molecule has 0 unspecified atom stereocenters. The molecule has 3 nitrogen and oxygen atoms in total. The summed E-state index contributed by atoms with van der Waals surface area (Å²) in [5.74, 6) is 0. The normalized spacial score (nSPS) is 29.0. The Kier molecular flexibility index (Phi) is 3.69. The summed E-state index contributed by atoms with van der Waals surface area (Å²) in [7, 11) is 0. The van der Waals surface area contributed by atoms with Crippen molar-refractivity contribution in [2.45, 2.75) is 44.2 Å². The van der Waals surface area contributed by atoms with Crippen molar-refractivity contribution in [2.24, 2.45) is 5.73 Å². The van der Waals surface area contributed by atoms with Crippen LogP contribution in [0.25, 0.3) is 0 Å². The first-order valence-corrected chi connectivity index (χ1v) is 6.36. The molecule has 0 aliphatic heterocycles. The number of anilines is 1. The largest absolute Gasteiger partial charge is 0.388 e. The Balaban J connectivity index is 1.89. The highest BCUT2D eigenvalue weighted by atomic mass is 16.3. The maximum atomic E-state index is 10.4. The monoisotopic (exact) mass is 234 g/mol. The highest BCUT2D eigenvalue weighted by Gasteiger charge is 2.31. The summed E-state index contributed by atoms with van der Waals surface area (Å²) in [6.07, 6.45) is 3.44. The summed E-state index contributed by atoms with van der Waals surface area (Å²) in [5.41, 5.74) is 7.57. The Morgan fingerprint density at radius 3 is 2.76 bits per heavy atom. The molecule has 0 bridgehead atoms. The fourth-order valence-electron chi connectivity index (χ4n) is 2.38. The minimum atomic E-state index is -0.584. The molecule has 94 valence electrons. The van der Waals surface area contributed by atoms with Crippen LogP contribution in [0.2, 0.25) is 0 Å². The van der Waals surface area contributed by atoms with Gasteiger partial charge in [0.2, 0.25) is 0 Å². The average molecular weight is 234 g/mol. The van der Waals surface area contributed by atoms with Gasteiger partial charge in [0.1, 0.15) is 0 Å². The van der Waals surface area contributed by atoms with Crippen LogP contribution in [0.1, 0.15) is 31.2 Å². The van der Waals surface area contributed by atoms with Gasteiger partial charge in [-0.25, -0.2) is 0 Å². The lowest BCUT2D eigenvalue weighted by Crippen LogP contribution is -2.43. The van der Waals surface area contributed by atoms with E-state index in [2.05, 4.69) is 24.4 Å². The molecule has 0 amide bonds. The molecule has 17 heavy (non-hydrogen) atoms. The predicted octanol–water partition coefficient (Wildman–Crippen LogP) is 2.04. The highest BCUT2D eigenvalue weighted by molar-refractivity contribution is 5.45. The summed E-state index contributed by atoms with van der Waals surface area (Å²) >= 11 is 0. The van der Waals surface area contributed by atoms with Crippen LogP contribution in [0.4, 0.5) is 5.69 Å². The van der Waals surface area contributed by atoms with Crippen molar-refractivity contribution in [1.82, 2.24) is 0 Å². The van der Waals surface area contributed by atoms with E-state index < -0.39 is 5.60 Å². The lowest BCUT2D eigenvalue weighted by atomic mass is 9.82. The van der Waals surface area contributed by atoms with E-state index in [0.29, 0.717) is 6.54 Å². The Labute approximate surface area is 103 Å². The molecule has 1 aliphatic rings. The Bertz CT molecular complexity index is 370. The SMILES string of the molecule is Cc1cccc(NCC2(O)CCC(N)CC2)c1. The van der Waals surface area contributed by atoms with Crippen molar-refractivity contribution in [3.63, 3.8) is 0 Å². The lowest BCUT2D eigenvalue weighted by molar-refractivity contribution is 0.0122. The van der Waals surface area contributed by atoms with Crippen LogP contribution < -0.4 is 11.1 Å². The van der Waals surface area contributed by atoms with Crippen LogP contribution >= 0.6 is 0 Å². The summed E-state index contributed by atoms with van der Waals surface area (Å²) in [4.78, 5) is 0. The maximum Gasteiger partial charge on any atom is 0.0820 e. The summed E-state index contributed by atoms with van der Waals surface area (Å²) < 4.78 is 0. The van der Waals surface area contributed by atoms with Gasteiger partial charge in [-0.1, -0.05) is 12.1 Å². The first kappa shape index (κ1) is 12.4. The second-order valence-electron chi connectivity index (χ2n) is 5.28. The first-order chi connectivity index (χ1) is 8.07. The molecule has 0 heterocycles. The topological polar surface area (TPSA) is 58.3 Å². The van der Waals surface area contributed by atoms with Crippen molar-refractivity contribution >= 4 is 5.69 Å². The highest BCUT2D eigenvalue weighted by Crippen LogP contribution is 2.27. The van der Waals surface area contributed by atoms with Gasteiger partial charge in [-0.3, -0.25) is 0 Å². The third-order valence-electron chi connectivity index (χ3n) is 3.60. The number of rotatable bonds is 3. The third kappa shape index (κ3) is 3.45. The van der Waals surface area contributed by atoms with Gasteiger partial charge in [0.25, 0.3) is 0 Å². The second kappa shape index (κ2) is 5.07. The molecular weight excluding hydrogens is 212 g/mol. The Hall–Kier alpha value is -1.06. The van der Waals surface area contributed by atoms with E-state index in [4.69, 9.17) is 5.73 Å². The van der Waals surface area contributed by atoms with Crippen LogP contribution in [0.5, 0.6) is 0 Å². The molecule has 0 radical (unpaired) electrons. The van der Waals surface area contributed by atoms with Crippen LogP contribution in [-0.2, 0) is 0 Å². The molecule has 2 rings (SSSR count). The van der Waals surface area contributed by atoms with Gasteiger partial charge in [0.05, 0.1) is 5.60 Å². The average Bonchev–Trinajstić information content (AvgIpc) is 2.31. The van der Waals surface area contributed by atoms with Gasteiger partial charge in [0.15, 0.2) is 0 Å². The molecule has 1 fully saturated rings. The standard InChI is InChI=1S/C14H22N2O/c1-11-3-2-4-13(9-11)16-10-14(17)7-5-12(15)6-8-14/h2-4,9,12,16-17H,5-8,10,15H2,1H3. The zero-order valence-corrected chi connectivity index (χ0v) is 10.4. The van der Waals surface area contributed by atoms with Crippen molar-refractivity contribution in [3.8, 4) is 0 Å². The zero-order valence-electron chi connectivity index (χ0n) is 10.4. The van der Waals surface area contributed by atoms with Crippen LogP contribution in [0.3, 0.4) is 0 Å².